The van der Waals surface area contributed by atoms with Gasteiger partial charge in [-0.05, 0) is 42.6 Å². The van der Waals surface area contributed by atoms with Crippen LogP contribution >= 0.6 is 11.3 Å². The fourth-order valence-electron chi connectivity index (χ4n) is 3.95. The minimum absolute atomic E-state index is 0.137. The van der Waals surface area contributed by atoms with Gasteiger partial charge in [-0.15, -0.1) is 11.3 Å². The van der Waals surface area contributed by atoms with Gasteiger partial charge in [-0.25, -0.2) is 0 Å². The Morgan fingerprint density at radius 3 is 2.59 bits per heavy atom. The Balaban J connectivity index is 1.34. The van der Waals surface area contributed by atoms with Crippen molar-refractivity contribution in [1.29, 1.82) is 0 Å². The van der Waals surface area contributed by atoms with Crippen molar-refractivity contribution >= 4 is 22.9 Å². The predicted octanol–water partition coefficient (Wildman–Crippen LogP) is 3.26. The number of carbonyl (C=O) groups excluding carboxylic acids is 1. The second-order valence-electron chi connectivity index (χ2n) is 7.87. The molecule has 0 bridgehead atoms. The molecule has 1 saturated heterocycles. The average Bonchev–Trinajstić information content (AvgIpc) is 3.35. The second kappa shape index (κ2) is 10.0. The van der Waals surface area contributed by atoms with Crippen molar-refractivity contribution < 1.29 is 9.53 Å². The molecule has 2 N–H and O–H groups in total. The normalized spacial score (nSPS) is 15.4. The molecule has 3 heterocycles. The molecule has 3 aromatic rings. The number of aromatic amines is 1. The van der Waals surface area contributed by atoms with E-state index in [0.717, 1.165) is 48.2 Å². The first-order chi connectivity index (χ1) is 15.5. The molecule has 1 aliphatic rings. The third-order valence-corrected chi connectivity index (χ3v) is 6.78. The van der Waals surface area contributed by atoms with Crippen LogP contribution in [0, 0.1) is 0 Å². The number of amides is 1. The highest BCUT2D eigenvalue weighted by molar-refractivity contribution is 7.10. The summed E-state index contributed by atoms with van der Waals surface area (Å²) < 4.78 is 5.48. The number of carbonyl (C=O) groups is 1. The Kier molecular flexibility index (Phi) is 6.92. The average molecular weight is 453 g/mol. The van der Waals surface area contributed by atoms with E-state index in [1.54, 1.807) is 24.5 Å². The number of methoxy groups -OCH3 is 1. The van der Waals surface area contributed by atoms with Crippen LogP contribution < -0.4 is 20.5 Å². The molecular formula is C24H28N4O3S. The molecule has 0 saturated carbocycles. The molecule has 1 amide bonds. The zero-order valence-corrected chi connectivity index (χ0v) is 19.2. The first-order valence-electron chi connectivity index (χ1n) is 10.7. The monoisotopic (exact) mass is 452 g/mol. The van der Waals surface area contributed by atoms with E-state index in [0.29, 0.717) is 6.54 Å². The van der Waals surface area contributed by atoms with Crippen molar-refractivity contribution in [2.75, 3.05) is 38.2 Å². The Hall–Kier alpha value is -3.10. The van der Waals surface area contributed by atoms with Crippen LogP contribution in [0.3, 0.4) is 0 Å². The number of nitrogens with one attached hydrogen (secondary N) is 2. The first kappa shape index (κ1) is 22.1. The van der Waals surface area contributed by atoms with Crippen LogP contribution in [0.15, 0.2) is 58.7 Å². The van der Waals surface area contributed by atoms with Crippen LogP contribution in [0.1, 0.15) is 33.9 Å². The summed E-state index contributed by atoms with van der Waals surface area (Å²) in [7, 11) is 1.69. The first-order valence-corrected chi connectivity index (χ1v) is 11.6. The van der Waals surface area contributed by atoms with Crippen molar-refractivity contribution in [3.63, 3.8) is 0 Å². The lowest BCUT2D eigenvalue weighted by Gasteiger charge is -2.36. The maximum Gasteiger partial charge on any atom is 0.261 e. The molecule has 0 radical (unpaired) electrons. The van der Waals surface area contributed by atoms with Gasteiger partial charge in [-0.2, -0.15) is 0 Å². The zero-order chi connectivity index (χ0) is 22.5. The van der Waals surface area contributed by atoms with Crippen molar-refractivity contribution in [3.05, 3.63) is 80.4 Å². The van der Waals surface area contributed by atoms with Crippen molar-refractivity contribution in [2.24, 2.45) is 0 Å². The van der Waals surface area contributed by atoms with Crippen molar-refractivity contribution in [3.8, 4) is 5.75 Å². The molecule has 1 unspecified atom stereocenters. The molecule has 2 aromatic heterocycles. The molecule has 7 nitrogen and oxygen atoms in total. The topological polar surface area (TPSA) is 77.7 Å². The molecule has 8 heteroatoms. The molecule has 0 spiro atoms. The van der Waals surface area contributed by atoms with E-state index in [2.05, 4.69) is 26.2 Å². The van der Waals surface area contributed by atoms with Gasteiger partial charge in [0.05, 0.1) is 18.8 Å². The molecule has 1 atom stereocenters. The van der Waals surface area contributed by atoms with Crippen LogP contribution in [-0.2, 0) is 6.54 Å². The van der Waals surface area contributed by atoms with Gasteiger partial charge in [-0.3, -0.25) is 14.5 Å². The molecule has 1 fully saturated rings. The fraction of sp³-hybridized carbons (Fsp3) is 0.333. The van der Waals surface area contributed by atoms with Crippen LogP contribution in [0.25, 0.3) is 0 Å². The third kappa shape index (κ3) is 5.03. The van der Waals surface area contributed by atoms with Gasteiger partial charge in [0.2, 0.25) is 0 Å². The van der Waals surface area contributed by atoms with Crippen LogP contribution in [0.2, 0.25) is 0 Å². The van der Waals surface area contributed by atoms with Gasteiger partial charge in [0.1, 0.15) is 11.3 Å². The van der Waals surface area contributed by atoms with Crippen LogP contribution in [-0.4, -0.2) is 49.1 Å². The highest BCUT2D eigenvalue weighted by Crippen LogP contribution is 2.28. The van der Waals surface area contributed by atoms with E-state index in [1.807, 2.05) is 48.7 Å². The molecule has 1 aliphatic heterocycles. The minimum Gasteiger partial charge on any atom is -0.495 e. The van der Waals surface area contributed by atoms with Gasteiger partial charge in [0.25, 0.3) is 11.5 Å². The number of pyridine rings is 1. The van der Waals surface area contributed by atoms with Gasteiger partial charge in [0.15, 0.2) is 0 Å². The summed E-state index contributed by atoms with van der Waals surface area (Å²) in [5.74, 6) is 0.525. The number of hydrogen-bond donors (Lipinski definition) is 2. The third-order valence-electron chi connectivity index (χ3n) is 5.72. The van der Waals surface area contributed by atoms with Gasteiger partial charge in [0, 0.05) is 43.3 Å². The summed E-state index contributed by atoms with van der Waals surface area (Å²) in [5.41, 5.74) is 1.70. The summed E-state index contributed by atoms with van der Waals surface area (Å²) in [4.78, 5) is 33.6. The molecule has 4 rings (SSSR count). The smallest absolute Gasteiger partial charge is 0.261 e. The molecule has 0 aliphatic carbocycles. The lowest BCUT2D eigenvalue weighted by molar-refractivity contribution is 0.0939. The molecule has 1 aromatic carbocycles. The molecule has 32 heavy (non-hydrogen) atoms. The van der Waals surface area contributed by atoms with Crippen LogP contribution in [0.5, 0.6) is 5.75 Å². The largest absolute Gasteiger partial charge is 0.495 e. The van der Waals surface area contributed by atoms with E-state index >= 15 is 0 Å². The number of thiophene rings is 1. The summed E-state index contributed by atoms with van der Waals surface area (Å²) in [6.45, 7) is 6.07. The van der Waals surface area contributed by atoms with Crippen LogP contribution in [0.4, 0.5) is 5.69 Å². The number of rotatable bonds is 7. The predicted molar refractivity (Wildman–Crippen MR) is 128 cm³/mol. The fourth-order valence-corrected chi connectivity index (χ4v) is 4.68. The van der Waals surface area contributed by atoms with Gasteiger partial charge in [-0.1, -0.05) is 18.2 Å². The number of piperazine rings is 1. The summed E-state index contributed by atoms with van der Waals surface area (Å²) >= 11 is 1.58. The number of anilines is 1. The number of nitrogens with zero attached hydrogens (tertiary/aromatic N) is 2. The number of aromatic nitrogens is 1. The lowest BCUT2D eigenvalue weighted by Crippen LogP contribution is -2.46. The minimum atomic E-state index is -0.357. The number of benzene rings is 1. The summed E-state index contributed by atoms with van der Waals surface area (Å²) in [6.07, 6.45) is 0. The number of para-hydroxylation sites is 2. The van der Waals surface area contributed by atoms with Gasteiger partial charge < -0.3 is 19.9 Å². The lowest BCUT2D eigenvalue weighted by atomic mass is 10.2. The van der Waals surface area contributed by atoms with Crippen molar-refractivity contribution in [1.82, 2.24) is 15.2 Å². The Bertz CT molecular complexity index is 1100. The zero-order valence-electron chi connectivity index (χ0n) is 18.3. The highest BCUT2D eigenvalue weighted by Gasteiger charge is 2.20. The van der Waals surface area contributed by atoms with E-state index < -0.39 is 0 Å². The second-order valence-corrected chi connectivity index (χ2v) is 8.85. The van der Waals surface area contributed by atoms with Crippen molar-refractivity contribution in [2.45, 2.75) is 19.5 Å². The maximum absolute atomic E-state index is 12.5. The SMILES string of the molecule is COc1ccccc1N1CCN(Cc2ccc(C(=O)NC(C)c3cccs3)c(=O)[nH]2)CC1. The Morgan fingerprint density at radius 2 is 1.91 bits per heavy atom. The Morgan fingerprint density at radius 1 is 1.12 bits per heavy atom. The van der Waals surface area contributed by atoms with Gasteiger partial charge >= 0.3 is 0 Å². The number of hydrogen-bond acceptors (Lipinski definition) is 6. The maximum atomic E-state index is 12.5. The quantitative estimate of drug-likeness (QED) is 0.575. The van der Waals surface area contributed by atoms with E-state index in [-0.39, 0.29) is 23.1 Å². The molecule has 168 valence electrons. The highest BCUT2D eigenvalue weighted by atomic mass is 32.1. The summed E-state index contributed by atoms with van der Waals surface area (Å²) in [5, 5.41) is 4.86. The number of H-pyrrole nitrogens is 1. The number of ether oxygens (including phenoxy) is 1. The van der Waals surface area contributed by atoms with E-state index in [4.69, 9.17) is 4.74 Å². The van der Waals surface area contributed by atoms with E-state index in [9.17, 15) is 9.59 Å². The molecular weight excluding hydrogens is 424 g/mol. The summed E-state index contributed by atoms with van der Waals surface area (Å²) in [6, 6.07) is 15.3. The van der Waals surface area contributed by atoms with E-state index in [1.165, 1.54) is 0 Å². The standard InChI is InChI=1S/C24H28N4O3S/c1-17(22-8-5-15-32-22)25-23(29)19-10-9-18(26-24(19)30)16-27-11-13-28(14-12-27)20-6-3-4-7-21(20)31-2/h3-10,15,17H,11-14,16H2,1-2H3,(H,25,29)(H,26,30). The Labute approximate surface area is 191 Å².